The number of aromatic amines is 1. The first-order valence-corrected chi connectivity index (χ1v) is 9.80. The lowest BCUT2D eigenvalue weighted by atomic mass is 10.1. The van der Waals surface area contributed by atoms with Crippen LogP contribution in [0.25, 0.3) is 17.1 Å². The summed E-state index contributed by atoms with van der Waals surface area (Å²) in [6.45, 7) is 4.68. The summed E-state index contributed by atoms with van der Waals surface area (Å²) in [7, 11) is 0. The summed E-state index contributed by atoms with van der Waals surface area (Å²) < 4.78 is 13.2. The fourth-order valence-electron chi connectivity index (χ4n) is 2.93. The number of thioether (sulfide) groups is 1. The number of carbonyl (C=O) groups excluding carboxylic acids is 1. The van der Waals surface area contributed by atoms with Gasteiger partial charge in [-0.25, -0.2) is 14.4 Å². The number of halogens is 1. The Labute approximate surface area is 166 Å². The van der Waals surface area contributed by atoms with E-state index >= 15 is 0 Å². The Morgan fingerprint density at radius 3 is 2.79 bits per heavy atom. The van der Waals surface area contributed by atoms with Gasteiger partial charge in [0.15, 0.2) is 5.17 Å². The van der Waals surface area contributed by atoms with Crippen molar-refractivity contribution >= 4 is 45.6 Å². The van der Waals surface area contributed by atoms with Gasteiger partial charge in [-0.15, -0.1) is 0 Å². The molecule has 7 heteroatoms. The van der Waals surface area contributed by atoms with Crippen molar-refractivity contribution in [3.05, 3.63) is 65.1 Å². The number of carbonyl (C=O) groups is 1. The van der Waals surface area contributed by atoms with E-state index in [1.807, 2.05) is 24.3 Å². The van der Waals surface area contributed by atoms with Gasteiger partial charge in [0.2, 0.25) is 0 Å². The fourth-order valence-corrected chi connectivity index (χ4v) is 3.94. The first-order chi connectivity index (χ1) is 13.5. The van der Waals surface area contributed by atoms with Gasteiger partial charge in [0.25, 0.3) is 5.91 Å². The maximum absolute atomic E-state index is 13.2. The van der Waals surface area contributed by atoms with E-state index in [4.69, 9.17) is 0 Å². The summed E-state index contributed by atoms with van der Waals surface area (Å²) in [6.07, 6.45) is 3.51. The van der Waals surface area contributed by atoms with E-state index in [0.717, 1.165) is 16.6 Å². The van der Waals surface area contributed by atoms with E-state index in [9.17, 15) is 9.18 Å². The first kappa shape index (κ1) is 18.4. The van der Waals surface area contributed by atoms with Crippen LogP contribution < -0.4 is 0 Å². The van der Waals surface area contributed by atoms with Crippen molar-refractivity contribution in [2.24, 2.45) is 10.9 Å². The molecular formula is C21H19FN4OS. The number of aromatic nitrogens is 2. The molecule has 0 saturated carbocycles. The van der Waals surface area contributed by atoms with Crippen LogP contribution >= 0.6 is 11.8 Å². The van der Waals surface area contributed by atoms with Crippen LogP contribution in [0.5, 0.6) is 0 Å². The van der Waals surface area contributed by atoms with Gasteiger partial charge in [0, 0.05) is 6.54 Å². The molecule has 4 rings (SSSR count). The summed E-state index contributed by atoms with van der Waals surface area (Å²) >= 11 is 1.34. The van der Waals surface area contributed by atoms with Crippen LogP contribution in [0, 0.1) is 11.7 Å². The second kappa shape index (κ2) is 7.59. The predicted molar refractivity (Wildman–Crippen MR) is 112 cm³/mol. The van der Waals surface area contributed by atoms with Crippen molar-refractivity contribution in [1.82, 2.24) is 14.9 Å². The van der Waals surface area contributed by atoms with Crippen LogP contribution in [-0.2, 0) is 4.79 Å². The normalized spacial score (nSPS) is 17.6. The number of imidazole rings is 1. The Balaban J connectivity index is 1.68. The van der Waals surface area contributed by atoms with Crippen LogP contribution in [0.2, 0.25) is 0 Å². The highest BCUT2D eigenvalue weighted by Crippen LogP contribution is 2.35. The van der Waals surface area contributed by atoms with Crippen LogP contribution in [0.3, 0.4) is 0 Å². The Bertz CT molecular complexity index is 1090. The molecule has 1 N–H and O–H groups in total. The minimum Gasteiger partial charge on any atom is -0.345 e. The first-order valence-electron chi connectivity index (χ1n) is 8.98. The van der Waals surface area contributed by atoms with E-state index in [-0.39, 0.29) is 11.7 Å². The molecule has 0 radical (unpaired) electrons. The average molecular weight is 394 g/mol. The Morgan fingerprint density at radius 2 is 2.04 bits per heavy atom. The second-order valence-corrected chi connectivity index (χ2v) is 7.98. The van der Waals surface area contributed by atoms with Gasteiger partial charge in [-0.05, 0) is 65.7 Å². The van der Waals surface area contributed by atoms with Gasteiger partial charge < -0.3 is 4.98 Å². The standard InChI is InChI=1S/C21H19FN4OS/c1-13(2)11-26-20(27)19(10-14-3-8-17-18(9-14)24-12-23-17)28-21(26)25-16-6-4-15(22)5-7-16/h3-10,12-13H,11H2,1-2H3,(H,23,24)/b19-10-,25-21-. The smallest absolute Gasteiger partial charge is 0.266 e. The van der Waals surface area contributed by atoms with Crippen molar-refractivity contribution in [2.75, 3.05) is 6.54 Å². The summed E-state index contributed by atoms with van der Waals surface area (Å²) in [5, 5.41) is 0.609. The molecule has 0 aliphatic carbocycles. The van der Waals surface area contributed by atoms with Crippen LogP contribution in [0.1, 0.15) is 19.4 Å². The molecule has 2 heterocycles. The van der Waals surface area contributed by atoms with E-state index in [0.29, 0.717) is 28.2 Å². The third-order valence-electron chi connectivity index (χ3n) is 4.23. The van der Waals surface area contributed by atoms with E-state index in [1.165, 1.54) is 23.9 Å². The Kier molecular flexibility index (Phi) is 5.00. The molecule has 0 spiro atoms. The molecule has 1 aliphatic heterocycles. The van der Waals surface area contributed by atoms with Crippen molar-refractivity contribution in [3.8, 4) is 0 Å². The number of nitrogens with zero attached hydrogens (tertiary/aromatic N) is 3. The highest BCUT2D eigenvalue weighted by Gasteiger charge is 2.33. The van der Waals surface area contributed by atoms with E-state index in [1.54, 1.807) is 23.4 Å². The fraction of sp³-hybridized carbons (Fsp3) is 0.190. The number of rotatable bonds is 4. The highest BCUT2D eigenvalue weighted by atomic mass is 32.2. The van der Waals surface area contributed by atoms with Crippen LogP contribution in [0.15, 0.2) is 58.7 Å². The molecule has 1 aromatic heterocycles. The van der Waals surface area contributed by atoms with Crippen molar-refractivity contribution in [3.63, 3.8) is 0 Å². The molecule has 2 aromatic carbocycles. The number of H-pyrrole nitrogens is 1. The predicted octanol–water partition coefficient (Wildman–Crippen LogP) is 4.96. The number of hydrogen-bond donors (Lipinski definition) is 1. The van der Waals surface area contributed by atoms with Gasteiger partial charge in [-0.3, -0.25) is 9.69 Å². The molecule has 142 valence electrons. The maximum atomic E-state index is 13.2. The number of amidine groups is 1. The van der Waals surface area contributed by atoms with Gasteiger partial charge in [0.05, 0.1) is 28.0 Å². The number of hydrogen-bond acceptors (Lipinski definition) is 4. The maximum Gasteiger partial charge on any atom is 0.266 e. The molecule has 0 unspecified atom stereocenters. The third-order valence-corrected chi connectivity index (χ3v) is 5.24. The van der Waals surface area contributed by atoms with Crippen LogP contribution in [0.4, 0.5) is 10.1 Å². The van der Waals surface area contributed by atoms with Crippen LogP contribution in [-0.4, -0.2) is 32.5 Å². The molecule has 1 saturated heterocycles. The molecule has 28 heavy (non-hydrogen) atoms. The average Bonchev–Trinajstić information content (AvgIpc) is 3.23. The summed E-state index contributed by atoms with van der Waals surface area (Å²) in [5.74, 6) is -0.0862. The minimum atomic E-state index is -0.313. The second-order valence-electron chi connectivity index (χ2n) is 6.97. The monoisotopic (exact) mass is 394 g/mol. The zero-order valence-corrected chi connectivity index (χ0v) is 16.3. The van der Waals surface area contributed by atoms with Gasteiger partial charge in [-0.1, -0.05) is 19.9 Å². The number of nitrogens with one attached hydrogen (secondary N) is 1. The van der Waals surface area contributed by atoms with Gasteiger partial charge in [-0.2, -0.15) is 0 Å². The largest absolute Gasteiger partial charge is 0.345 e. The Morgan fingerprint density at radius 1 is 1.25 bits per heavy atom. The highest BCUT2D eigenvalue weighted by molar-refractivity contribution is 8.18. The minimum absolute atomic E-state index is 0.0679. The topological polar surface area (TPSA) is 61.4 Å². The molecule has 1 amide bonds. The van der Waals surface area contributed by atoms with E-state index in [2.05, 4.69) is 28.8 Å². The molecule has 5 nitrogen and oxygen atoms in total. The summed E-state index contributed by atoms with van der Waals surface area (Å²) in [5.41, 5.74) is 3.32. The third kappa shape index (κ3) is 3.84. The van der Waals surface area contributed by atoms with Gasteiger partial charge in [0.1, 0.15) is 5.82 Å². The quantitative estimate of drug-likeness (QED) is 0.636. The van der Waals surface area contributed by atoms with Crippen molar-refractivity contribution < 1.29 is 9.18 Å². The molecular weight excluding hydrogens is 375 g/mol. The van der Waals surface area contributed by atoms with Crippen molar-refractivity contribution in [2.45, 2.75) is 13.8 Å². The van der Waals surface area contributed by atoms with Crippen molar-refractivity contribution in [1.29, 1.82) is 0 Å². The number of fused-ring (bicyclic) bond motifs is 1. The molecule has 1 aliphatic rings. The number of amides is 1. The SMILES string of the molecule is CC(C)CN1C(=O)/C(=C/c2ccc3[nH]cnc3c2)S/C1=N\c1ccc(F)cc1. The molecule has 1 fully saturated rings. The number of benzene rings is 2. The Hall–Kier alpha value is -2.93. The zero-order chi connectivity index (χ0) is 19.7. The van der Waals surface area contributed by atoms with E-state index < -0.39 is 0 Å². The zero-order valence-electron chi connectivity index (χ0n) is 15.5. The lowest BCUT2D eigenvalue weighted by Gasteiger charge is -2.17. The lowest BCUT2D eigenvalue weighted by Crippen LogP contribution is -2.32. The number of aliphatic imine (C=N–C) groups is 1. The summed E-state index contributed by atoms with van der Waals surface area (Å²) in [6, 6.07) is 11.8. The molecule has 0 bridgehead atoms. The van der Waals surface area contributed by atoms with Gasteiger partial charge >= 0.3 is 0 Å². The summed E-state index contributed by atoms with van der Waals surface area (Å²) in [4.78, 5) is 27.2. The molecule has 0 atom stereocenters. The lowest BCUT2D eigenvalue weighted by molar-refractivity contribution is -0.122. The molecule has 3 aromatic rings.